The molecule has 0 radical (unpaired) electrons. The van der Waals surface area contributed by atoms with Crippen molar-refractivity contribution >= 4 is 23.5 Å². The quantitative estimate of drug-likeness (QED) is 0.604. The molecular formula is C16H16S2. The lowest BCUT2D eigenvalue weighted by Gasteiger charge is -2.32. The molecule has 0 aromatic rings. The molecule has 4 unspecified atom stereocenters. The molecule has 4 atom stereocenters. The molecule has 0 amide bonds. The topological polar surface area (TPSA) is 0 Å². The molecule has 0 aromatic heterocycles. The Morgan fingerprint density at radius 2 is 1.06 bits per heavy atom. The lowest BCUT2D eigenvalue weighted by atomic mass is 9.67. The number of allylic oxidation sites excluding steroid dienone is 4. The summed E-state index contributed by atoms with van der Waals surface area (Å²) < 4.78 is 1.57. The zero-order valence-electron chi connectivity index (χ0n) is 10.3. The fraction of sp³-hybridized carbons (Fsp3) is 0.500. The van der Waals surface area contributed by atoms with Crippen LogP contribution < -0.4 is 0 Å². The Hall–Kier alpha value is -0.340. The van der Waals surface area contributed by atoms with E-state index in [9.17, 15) is 0 Å². The van der Waals surface area contributed by atoms with E-state index in [1.165, 1.54) is 25.7 Å². The summed E-state index contributed by atoms with van der Waals surface area (Å²) in [5, 5.41) is 0. The predicted octanol–water partition coefficient (Wildman–Crippen LogP) is 4.26. The minimum Gasteiger partial charge on any atom is -0.134 e. The van der Waals surface area contributed by atoms with E-state index >= 15 is 0 Å². The zero-order valence-corrected chi connectivity index (χ0v) is 11.9. The Balaban J connectivity index is 1.72. The maximum atomic E-state index is 2.52. The van der Waals surface area contributed by atoms with E-state index in [1.54, 1.807) is 0 Å². The van der Waals surface area contributed by atoms with Gasteiger partial charge in [-0.3, -0.25) is 0 Å². The highest BCUT2D eigenvalue weighted by Gasteiger charge is 2.86. The van der Waals surface area contributed by atoms with E-state index in [4.69, 9.17) is 0 Å². The van der Waals surface area contributed by atoms with Gasteiger partial charge in [0.15, 0.2) is 0 Å². The largest absolute Gasteiger partial charge is 0.134 e. The van der Waals surface area contributed by atoms with E-state index in [0.29, 0.717) is 19.0 Å². The number of hydrogen-bond acceptors (Lipinski definition) is 2. The maximum Gasteiger partial charge on any atom is 0.0731 e. The van der Waals surface area contributed by atoms with Gasteiger partial charge in [0.05, 0.1) is 19.0 Å². The number of thioether (sulfide) groups is 2. The van der Waals surface area contributed by atoms with Gasteiger partial charge in [-0.05, 0) is 12.8 Å². The van der Waals surface area contributed by atoms with Gasteiger partial charge in [-0.1, -0.05) is 61.4 Å². The van der Waals surface area contributed by atoms with Crippen molar-refractivity contribution in [1.82, 2.24) is 0 Å². The van der Waals surface area contributed by atoms with Crippen LogP contribution in [0, 0.1) is 0 Å². The zero-order chi connectivity index (χ0) is 11.9. The molecule has 5 rings (SSSR count). The van der Waals surface area contributed by atoms with Crippen molar-refractivity contribution in [2.75, 3.05) is 0 Å². The minimum absolute atomic E-state index is 0.362. The Labute approximate surface area is 117 Å². The van der Waals surface area contributed by atoms with Crippen LogP contribution in [0.3, 0.4) is 0 Å². The van der Waals surface area contributed by atoms with Gasteiger partial charge in [0.2, 0.25) is 0 Å². The number of rotatable bonds is 0. The first-order chi connectivity index (χ1) is 8.79. The van der Waals surface area contributed by atoms with Crippen LogP contribution in [-0.4, -0.2) is 19.0 Å². The molecule has 5 aliphatic rings. The highest BCUT2D eigenvalue weighted by atomic mass is 32.2. The lowest BCUT2D eigenvalue weighted by molar-refractivity contribution is 0.436. The van der Waals surface area contributed by atoms with Crippen LogP contribution in [-0.2, 0) is 0 Å². The van der Waals surface area contributed by atoms with E-state index in [-0.39, 0.29) is 0 Å². The molecule has 0 spiro atoms. The summed E-state index contributed by atoms with van der Waals surface area (Å²) in [5.41, 5.74) is 0. The molecule has 1 saturated carbocycles. The summed E-state index contributed by atoms with van der Waals surface area (Å²) in [6.07, 6.45) is 24.6. The van der Waals surface area contributed by atoms with Gasteiger partial charge in [-0.2, -0.15) is 0 Å². The van der Waals surface area contributed by atoms with Crippen LogP contribution in [0.1, 0.15) is 25.7 Å². The van der Waals surface area contributed by atoms with E-state index in [0.717, 1.165) is 0 Å². The molecular weight excluding hydrogens is 256 g/mol. The van der Waals surface area contributed by atoms with Gasteiger partial charge >= 0.3 is 0 Å². The second kappa shape index (κ2) is 2.88. The van der Waals surface area contributed by atoms with Gasteiger partial charge in [0.1, 0.15) is 0 Å². The molecule has 2 heteroatoms. The van der Waals surface area contributed by atoms with Gasteiger partial charge in [0.25, 0.3) is 0 Å². The average Bonchev–Trinajstić information content (AvgIpc) is 3.24. The molecule has 0 nitrogen and oxygen atoms in total. The molecule has 18 heavy (non-hydrogen) atoms. The Bertz CT molecular complexity index is 507. The van der Waals surface area contributed by atoms with Crippen LogP contribution >= 0.6 is 23.5 Å². The highest BCUT2D eigenvalue weighted by molar-refractivity contribution is 8.15. The first kappa shape index (κ1) is 10.4. The van der Waals surface area contributed by atoms with Crippen molar-refractivity contribution in [2.24, 2.45) is 0 Å². The monoisotopic (exact) mass is 272 g/mol. The van der Waals surface area contributed by atoms with Crippen molar-refractivity contribution in [1.29, 1.82) is 0 Å². The summed E-state index contributed by atoms with van der Waals surface area (Å²) >= 11 is 4.45. The lowest BCUT2D eigenvalue weighted by Crippen LogP contribution is -2.44. The molecule has 2 aliphatic heterocycles. The molecule has 3 fully saturated rings. The van der Waals surface area contributed by atoms with Crippen molar-refractivity contribution in [2.45, 2.75) is 44.7 Å². The normalized spacial score (nSPS) is 57.8. The molecule has 0 aromatic carbocycles. The van der Waals surface area contributed by atoms with Crippen molar-refractivity contribution in [3.05, 3.63) is 48.6 Å². The van der Waals surface area contributed by atoms with Gasteiger partial charge in [-0.25, -0.2) is 0 Å². The predicted molar refractivity (Wildman–Crippen MR) is 81.1 cm³/mol. The Kier molecular flexibility index (Phi) is 1.67. The van der Waals surface area contributed by atoms with Crippen molar-refractivity contribution < 1.29 is 0 Å². The molecule has 3 aliphatic carbocycles. The fourth-order valence-corrected chi connectivity index (χ4v) is 8.54. The summed E-state index contributed by atoms with van der Waals surface area (Å²) in [5.74, 6) is 0. The molecule has 0 bridgehead atoms. The van der Waals surface area contributed by atoms with E-state index < -0.39 is 0 Å². The maximum absolute atomic E-state index is 2.52. The average molecular weight is 272 g/mol. The highest BCUT2D eigenvalue weighted by Crippen LogP contribution is 2.88. The molecule has 2 heterocycles. The summed E-state index contributed by atoms with van der Waals surface area (Å²) in [6, 6.07) is 0. The van der Waals surface area contributed by atoms with Crippen molar-refractivity contribution in [3.63, 3.8) is 0 Å². The third kappa shape index (κ3) is 0.885. The second-order valence-corrected chi connectivity index (χ2v) is 9.25. The van der Waals surface area contributed by atoms with Crippen LogP contribution in [0.15, 0.2) is 48.6 Å². The SMILES string of the molecule is C1=CC23CCCCC45C=CC=CC4(S5)C2(C=C1)S3. The molecule has 2 saturated heterocycles. The Morgan fingerprint density at radius 1 is 0.611 bits per heavy atom. The third-order valence-corrected chi connectivity index (χ3v) is 9.44. The molecule has 0 N–H and O–H groups in total. The second-order valence-electron chi connectivity index (χ2n) is 6.10. The smallest absolute Gasteiger partial charge is 0.0731 e. The van der Waals surface area contributed by atoms with Gasteiger partial charge in [0, 0.05) is 0 Å². The van der Waals surface area contributed by atoms with Crippen LogP contribution in [0.5, 0.6) is 0 Å². The van der Waals surface area contributed by atoms with E-state index in [1.807, 2.05) is 0 Å². The third-order valence-electron chi connectivity index (χ3n) is 5.37. The van der Waals surface area contributed by atoms with E-state index in [2.05, 4.69) is 72.1 Å². The molecule has 92 valence electrons. The van der Waals surface area contributed by atoms with Crippen LogP contribution in [0.4, 0.5) is 0 Å². The van der Waals surface area contributed by atoms with Crippen LogP contribution in [0.25, 0.3) is 0 Å². The van der Waals surface area contributed by atoms with Gasteiger partial charge < -0.3 is 0 Å². The van der Waals surface area contributed by atoms with Crippen molar-refractivity contribution in [3.8, 4) is 0 Å². The minimum atomic E-state index is 0.362. The summed E-state index contributed by atoms with van der Waals surface area (Å²) in [6.45, 7) is 0. The summed E-state index contributed by atoms with van der Waals surface area (Å²) in [7, 11) is 0. The van der Waals surface area contributed by atoms with Crippen LogP contribution in [0.2, 0.25) is 0 Å². The summed E-state index contributed by atoms with van der Waals surface area (Å²) in [4.78, 5) is 0. The number of hydrogen-bond donors (Lipinski definition) is 0. The first-order valence-electron chi connectivity index (χ1n) is 6.93. The fourth-order valence-electron chi connectivity index (χ4n) is 4.44. The standard InChI is InChI=1S/C16H16S2/c1-2-8-14-10-4-6-12-16(14,18-14)15-11-5-3-9-13(15,7-1)17-15/h3-6,9-12H,1-2,7-8H2. The first-order valence-corrected chi connectivity index (χ1v) is 8.56. The Morgan fingerprint density at radius 3 is 1.56 bits per heavy atom. The van der Waals surface area contributed by atoms with Gasteiger partial charge in [-0.15, -0.1) is 23.5 Å².